The first-order chi connectivity index (χ1) is 13.8. The molecule has 154 valence electrons. The van der Waals surface area contributed by atoms with Crippen molar-refractivity contribution in [2.24, 2.45) is 23.2 Å². The highest BCUT2D eigenvalue weighted by Crippen LogP contribution is 2.64. The van der Waals surface area contributed by atoms with Crippen LogP contribution in [0.5, 0.6) is 0 Å². The molecule has 0 bridgehead atoms. The minimum Gasteiger partial charge on any atom is -0.393 e. The van der Waals surface area contributed by atoms with Crippen LogP contribution in [0.25, 0.3) is 0 Å². The van der Waals surface area contributed by atoms with Crippen LogP contribution in [-0.4, -0.2) is 22.5 Å². The maximum atomic E-state index is 10.2. The van der Waals surface area contributed by atoms with Crippen LogP contribution in [0.4, 0.5) is 0 Å². The Hall–Kier alpha value is -1.31. The molecule has 0 unspecified atom stereocenters. The summed E-state index contributed by atoms with van der Waals surface area (Å²) in [6, 6.07) is 2.51. The molecule has 1 aromatic heterocycles. The molecule has 3 nitrogen and oxygen atoms in total. The van der Waals surface area contributed by atoms with Crippen molar-refractivity contribution < 1.29 is 5.11 Å². The van der Waals surface area contributed by atoms with Gasteiger partial charge >= 0.3 is 0 Å². The van der Waals surface area contributed by atoms with Crippen molar-refractivity contribution in [2.45, 2.75) is 82.3 Å². The van der Waals surface area contributed by atoms with E-state index in [9.17, 15) is 10.4 Å². The lowest BCUT2D eigenvalue weighted by molar-refractivity contribution is -0.0164. The van der Waals surface area contributed by atoms with E-state index in [2.05, 4.69) is 32.9 Å². The highest BCUT2D eigenvalue weighted by molar-refractivity contribution is 7.98. The van der Waals surface area contributed by atoms with Crippen molar-refractivity contribution in [3.63, 3.8) is 0 Å². The Labute approximate surface area is 179 Å². The van der Waals surface area contributed by atoms with Gasteiger partial charge in [0.15, 0.2) is 0 Å². The molecule has 6 atom stereocenters. The number of thioether (sulfide) groups is 1. The SMILES string of the molecule is CSc1nc(C)c2c(c1C#N)C[C@@H]1[C@@H]3CC=C4C[C@H](O)CC[C@]4(C)[C@H]3CC[C@@]21C. The van der Waals surface area contributed by atoms with E-state index in [1.165, 1.54) is 29.5 Å². The largest absolute Gasteiger partial charge is 0.393 e. The Morgan fingerprint density at radius 1 is 1.17 bits per heavy atom. The lowest BCUT2D eigenvalue weighted by Gasteiger charge is -2.57. The minimum absolute atomic E-state index is 0.145. The van der Waals surface area contributed by atoms with Gasteiger partial charge in [0.1, 0.15) is 11.1 Å². The second-order valence-electron chi connectivity index (χ2n) is 10.4. The van der Waals surface area contributed by atoms with Crippen LogP contribution in [0.2, 0.25) is 0 Å². The quantitative estimate of drug-likeness (QED) is 0.505. The molecule has 1 aromatic rings. The fourth-order valence-electron chi connectivity index (χ4n) is 7.83. The molecule has 29 heavy (non-hydrogen) atoms. The zero-order valence-corrected chi connectivity index (χ0v) is 18.9. The first-order valence-electron chi connectivity index (χ1n) is 11.2. The molecule has 0 spiro atoms. The third-order valence-corrected chi connectivity index (χ3v) is 9.90. The third-order valence-electron chi connectivity index (χ3n) is 9.22. The zero-order chi connectivity index (χ0) is 20.6. The highest BCUT2D eigenvalue weighted by Gasteiger charge is 2.58. The van der Waals surface area contributed by atoms with Gasteiger partial charge in [0.05, 0.1) is 11.7 Å². The molecule has 4 aliphatic carbocycles. The number of pyridine rings is 1. The number of hydrogen-bond acceptors (Lipinski definition) is 4. The van der Waals surface area contributed by atoms with E-state index in [0.29, 0.717) is 17.8 Å². The van der Waals surface area contributed by atoms with Crippen LogP contribution in [-0.2, 0) is 11.8 Å². The number of aromatic nitrogens is 1. The van der Waals surface area contributed by atoms with E-state index < -0.39 is 0 Å². The summed E-state index contributed by atoms with van der Waals surface area (Å²) in [7, 11) is 0. The Morgan fingerprint density at radius 2 is 1.93 bits per heavy atom. The van der Waals surface area contributed by atoms with Crippen molar-refractivity contribution in [3.8, 4) is 6.07 Å². The molecule has 5 rings (SSSR count). The van der Waals surface area contributed by atoms with Gasteiger partial charge in [-0.1, -0.05) is 25.5 Å². The van der Waals surface area contributed by atoms with Gasteiger partial charge in [0.2, 0.25) is 0 Å². The van der Waals surface area contributed by atoms with Crippen LogP contribution in [0.1, 0.15) is 74.8 Å². The van der Waals surface area contributed by atoms with Crippen LogP contribution < -0.4 is 0 Å². The van der Waals surface area contributed by atoms with E-state index in [1.807, 2.05) is 6.26 Å². The van der Waals surface area contributed by atoms with Crippen LogP contribution in [0, 0.1) is 41.4 Å². The molecule has 0 amide bonds. The van der Waals surface area contributed by atoms with Gasteiger partial charge in [-0.2, -0.15) is 5.26 Å². The number of allylic oxidation sites excluding steroid dienone is 1. The van der Waals surface area contributed by atoms with Gasteiger partial charge in [-0.3, -0.25) is 0 Å². The molecule has 2 saturated carbocycles. The monoisotopic (exact) mass is 408 g/mol. The molecule has 2 fully saturated rings. The summed E-state index contributed by atoms with van der Waals surface area (Å²) >= 11 is 1.60. The second kappa shape index (κ2) is 6.59. The van der Waals surface area contributed by atoms with Crippen molar-refractivity contribution in [1.82, 2.24) is 4.98 Å². The van der Waals surface area contributed by atoms with Gasteiger partial charge in [-0.25, -0.2) is 4.98 Å². The topological polar surface area (TPSA) is 56.9 Å². The molecule has 0 aromatic carbocycles. The van der Waals surface area contributed by atoms with Gasteiger partial charge in [-0.15, -0.1) is 11.8 Å². The van der Waals surface area contributed by atoms with Crippen molar-refractivity contribution in [2.75, 3.05) is 6.26 Å². The highest BCUT2D eigenvalue weighted by atomic mass is 32.2. The average Bonchev–Trinajstić information content (AvgIpc) is 3.02. The molecule has 4 heteroatoms. The maximum absolute atomic E-state index is 10.2. The van der Waals surface area contributed by atoms with Gasteiger partial charge in [0, 0.05) is 5.69 Å². The Morgan fingerprint density at radius 3 is 2.66 bits per heavy atom. The summed E-state index contributed by atoms with van der Waals surface area (Å²) < 4.78 is 0. The van der Waals surface area contributed by atoms with Crippen LogP contribution in [0.15, 0.2) is 16.7 Å². The smallest absolute Gasteiger partial charge is 0.114 e. The summed E-state index contributed by atoms with van der Waals surface area (Å²) in [5.74, 6) is 1.98. The van der Waals surface area contributed by atoms with Crippen molar-refractivity contribution >= 4 is 11.8 Å². The number of nitriles is 1. The maximum Gasteiger partial charge on any atom is 0.114 e. The van der Waals surface area contributed by atoms with Crippen LogP contribution in [0.3, 0.4) is 0 Å². The lowest BCUT2D eigenvalue weighted by Crippen LogP contribution is -2.51. The van der Waals surface area contributed by atoms with Gasteiger partial charge in [0.25, 0.3) is 0 Å². The molecule has 0 saturated heterocycles. The lowest BCUT2D eigenvalue weighted by atomic mass is 9.47. The van der Waals surface area contributed by atoms with Crippen molar-refractivity contribution in [3.05, 3.63) is 34.0 Å². The summed E-state index contributed by atoms with van der Waals surface area (Å²) in [5, 5.41) is 21.1. The zero-order valence-electron chi connectivity index (χ0n) is 18.1. The van der Waals surface area contributed by atoms with E-state index >= 15 is 0 Å². The number of nitrogens with zero attached hydrogens (tertiary/aromatic N) is 2. The number of aryl methyl sites for hydroxylation is 1. The molecule has 1 heterocycles. The Bertz CT molecular complexity index is 947. The molecule has 0 aliphatic heterocycles. The number of aliphatic hydroxyl groups is 1. The number of fused-ring (bicyclic) bond motifs is 7. The summed E-state index contributed by atoms with van der Waals surface area (Å²) in [5.41, 5.74) is 6.61. The predicted octanol–water partition coefficient (Wildman–Crippen LogP) is 5.32. The van der Waals surface area contributed by atoms with E-state index in [4.69, 9.17) is 4.98 Å². The molecular weight excluding hydrogens is 376 g/mol. The Kier molecular flexibility index (Phi) is 4.47. The third kappa shape index (κ3) is 2.56. The van der Waals surface area contributed by atoms with E-state index in [0.717, 1.165) is 48.4 Å². The molecule has 4 aliphatic rings. The standard InChI is InChI=1S/C25H32N2OS/c1-14-22-18(19(13-26)23(27-14)29-4)12-21-17-6-5-15-11-16(28)7-9-24(15,2)20(17)8-10-25(21,22)3/h5,16-17,20-21,28H,6-12H2,1-4H3/t16-,17-,20+,21-,24+,25-/m1/s1. The predicted molar refractivity (Wildman–Crippen MR) is 117 cm³/mol. The second-order valence-corrected chi connectivity index (χ2v) is 11.2. The number of rotatable bonds is 1. The normalized spacial score (nSPS) is 40.2. The summed E-state index contributed by atoms with van der Waals surface area (Å²) in [6.07, 6.45) is 11.9. The van der Waals surface area contributed by atoms with Gasteiger partial charge in [-0.05, 0) is 97.8 Å². The fraction of sp³-hybridized carbons (Fsp3) is 0.680. The molecule has 0 radical (unpaired) electrons. The fourth-order valence-corrected chi connectivity index (χ4v) is 8.43. The number of hydrogen-bond donors (Lipinski definition) is 1. The minimum atomic E-state index is -0.146. The first kappa shape index (κ1) is 19.6. The summed E-state index contributed by atoms with van der Waals surface area (Å²) in [6.45, 7) is 7.09. The average molecular weight is 409 g/mol. The Balaban J connectivity index is 1.59. The molecule has 1 N–H and O–H groups in total. The summed E-state index contributed by atoms with van der Waals surface area (Å²) in [4.78, 5) is 4.86. The first-order valence-corrected chi connectivity index (χ1v) is 12.4. The van der Waals surface area contributed by atoms with E-state index in [1.54, 1.807) is 11.8 Å². The molecular formula is C25H32N2OS. The van der Waals surface area contributed by atoms with Gasteiger partial charge < -0.3 is 5.11 Å². The van der Waals surface area contributed by atoms with E-state index in [-0.39, 0.29) is 16.9 Å². The van der Waals surface area contributed by atoms with Crippen molar-refractivity contribution in [1.29, 1.82) is 5.26 Å². The van der Waals surface area contributed by atoms with Crippen LogP contribution >= 0.6 is 11.8 Å². The number of aliphatic hydroxyl groups excluding tert-OH is 1.